The van der Waals surface area contributed by atoms with E-state index in [1.807, 2.05) is 30.3 Å². The normalized spacial score (nSPS) is 14.3. The van der Waals surface area contributed by atoms with E-state index in [9.17, 15) is 20.4 Å². The van der Waals surface area contributed by atoms with Crippen molar-refractivity contribution in [2.24, 2.45) is 5.41 Å². The minimum Gasteiger partial charge on any atom is -0.395 e. The molecule has 9 nitrogen and oxygen atoms in total. The van der Waals surface area contributed by atoms with E-state index in [4.69, 9.17) is 19.6 Å². The van der Waals surface area contributed by atoms with E-state index in [0.29, 0.717) is 18.4 Å². The summed E-state index contributed by atoms with van der Waals surface area (Å²) in [5.41, 5.74) is -2.21. The lowest BCUT2D eigenvalue weighted by Crippen LogP contribution is -2.58. The van der Waals surface area contributed by atoms with Gasteiger partial charge in [-0.05, 0) is 18.4 Å². The first-order valence-electron chi connectivity index (χ1n) is 13.9. The molecule has 1 rings (SSSR count). The smallest absolute Gasteiger partial charge is 0.334 e. The van der Waals surface area contributed by atoms with Gasteiger partial charge in [0.05, 0.1) is 24.7 Å². The lowest BCUT2D eigenvalue weighted by Gasteiger charge is -2.48. The Kier molecular flexibility index (Phi) is 22.2. The molecule has 0 saturated carbocycles. The third-order valence-electron chi connectivity index (χ3n) is 7.15. The number of benzene rings is 1. The molecule has 1 aromatic rings. The van der Waals surface area contributed by atoms with Gasteiger partial charge in [-0.1, -0.05) is 121 Å². The fourth-order valence-corrected chi connectivity index (χ4v) is 5.34. The van der Waals surface area contributed by atoms with Gasteiger partial charge in [-0.15, -0.1) is 0 Å². The van der Waals surface area contributed by atoms with E-state index in [-0.39, 0.29) is 0 Å². The molecule has 0 radical (unpaired) electrons. The summed E-state index contributed by atoms with van der Waals surface area (Å²) in [5, 5.41) is 43.9. The van der Waals surface area contributed by atoms with Crippen LogP contribution in [0.5, 0.6) is 0 Å². The van der Waals surface area contributed by atoms with Crippen molar-refractivity contribution in [2.75, 3.05) is 13.2 Å². The highest BCUT2D eigenvalue weighted by Crippen LogP contribution is 2.47. The first-order chi connectivity index (χ1) is 18.1. The molecular weight excluding hydrogens is 530 g/mol. The van der Waals surface area contributed by atoms with Crippen LogP contribution in [0.3, 0.4) is 0 Å². The van der Waals surface area contributed by atoms with Crippen molar-refractivity contribution in [1.29, 1.82) is 0 Å². The van der Waals surface area contributed by atoms with Gasteiger partial charge in [0.25, 0.3) is 0 Å². The molecule has 224 valence electrons. The number of hydrogen-bond donors (Lipinski definition) is 8. The Balaban J connectivity index is 0.00000171. The highest BCUT2D eigenvalue weighted by molar-refractivity contribution is 7.53. The standard InChI is InChI=1S/C27H48O4.H4O5P2/c1-3-5-7-9-11-16-20-25(30)26(22-28,23-29)27(31,24-18-14-13-15-19-24)21-17-12-10-8-6-4-2;1-6(2)5-7(3)4/h13-15,18-19,25,28-31H,3-12,16-17,20-23H2,1-2H3;1-4H. The molecule has 2 unspecified atom stereocenters. The van der Waals surface area contributed by atoms with Gasteiger partial charge in [0.2, 0.25) is 0 Å². The molecule has 1 aromatic carbocycles. The second-order valence-electron chi connectivity index (χ2n) is 9.88. The Labute approximate surface area is 231 Å². The number of aliphatic hydroxyl groups excluding tert-OH is 3. The lowest BCUT2D eigenvalue weighted by atomic mass is 9.62. The average Bonchev–Trinajstić information content (AvgIpc) is 2.89. The molecule has 0 aromatic heterocycles. The SMILES string of the molecule is CCCCCCCCC(O)C(CO)(CO)C(O)(CCCCCCCC)c1ccccc1.OP(O)OP(O)O. The van der Waals surface area contributed by atoms with Crippen LogP contribution in [-0.2, 0) is 9.91 Å². The van der Waals surface area contributed by atoms with E-state index < -0.39 is 47.5 Å². The molecule has 0 spiro atoms. The van der Waals surface area contributed by atoms with Crippen LogP contribution in [0, 0.1) is 5.41 Å². The van der Waals surface area contributed by atoms with E-state index >= 15 is 0 Å². The molecule has 0 saturated heterocycles. The van der Waals surface area contributed by atoms with Crippen molar-refractivity contribution in [1.82, 2.24) is 0 Å². The first-order valence-corrected chi connectivity index (χ1v) is 16.2. The van der Waals surface area contributed by atoms with Crippen molar-refractivity contribution < 1.29 is 44.3 Å². The zero-order chi connectivity index (χ0) is 28.9. The molecule has 0 aliphatic heterocycles. The summed E-state index contributed by atoms with van der Waals surface area (Å²) in [7, 11) is -5.22. The predicted molar refractivity (Wildman–Crippen MR) is 153 cm³/mol. The summed E-state index contributed by atoms with van der Waals surface area (Å²) < 4.78 is 3.60. The van der Waals surface area contributed by atoms with Crippen molar-refractivity contribution in [3.05, 3.63) is 35.9 Å². The summed E-state index contributed by atoms with van der Waals surface area (Å²) >= 11 is 0. The molecule has 38 heavy (non-hydrogen) atoms. The lowest BCUT2D eigenvalue weighted by molar-refractivity contribution is -0.196. The highest BCUT2D eigenvalue weighted by Gasteiger charge is 2.54. The second-order valence-corrected chi connectivity index (χ2v) is 11.5. The van der Waals surface area contributed by atoms with Gasteiger partial charge < -0.3 is 40.0 Å². The van der Waals surface area contributed by atoms with Crippen LogP contribution in [0.2, 0.25) is 0 Å². The maximum atomic E-state index is 12.0. The van der Waals surface area contributed by atoms with Gasteiger partial charge in [-0.2, -0.15) is 0 Å². The molecule has 11 heteroatoms. The summed E-state index contributed by atoms with van der Waals surface area (Å²) in [6.07, 6.45) is 13.0. The number of rotatable bonds is 21. The zero-order valence-electron chi connectivity index (χ0n) is 23.2. The second kappa shape index (κ2) is 22.4. The van der Waals surface area contributed by atoms with Crippen LogP contribution in [0.1, 0.15) is 109 Å². The maximum absolute atomic E-state index is 12.0. The molecule has 0 heterocycles. The number of aliphatic hydroxyl groups is 4. The first kappa shape index (κ1) is 37.7. The summed E-state index contributed by atoms with van der Waals surface area (Å²) in [5.74, 6) is 0. The highest BCUT2D eigenvalue weighted by atomic mass is 31.2. The topological polar surface area (TPSA) is 171 Å². The minimum atomic E-state index is -2.61. The molecule has 0 aliphatic rings. The minimum absolute atomic E-state index is 0.415. The third kappa shape index (κ3) is 13.9. The quantitative estimate of drug-likeness (QED) is 0.0722. The Bertz CT molecular complexity index is 657. The number of hydrogen-bond acceptors (Lipinski definition) is 9. The van der Waals surface area contributed by atoms with Crippen molar-refractivity contribution in [3.63, 3.8) is 0 Å². The van der Waals surface area contributed by atoms with E-state index in [1.165, 1.54) is 38.5 Å². The van der Waals surface area contributed by atoms with Gasteiger partial charge in [-0.3, -0.25) is 0 Å². The van der Waals surface area contributed by atoms with Crippen LogP contribution < -0.4 is 0 Å². The van der Waals surface area contributed by atoms with Gasteiger partial charge in [0.1, 0.15) is 5.60 Å². The van der Waals surface area contributed by atoms with Crippen LogP contribution in [0.15, 0.2) is 30.3 Å². The summed E-state index contributed by atoms with van der Waals surface area (Å²) in [4.78, 5) is 31.3. The fourth-order valence-electron chi connectivity index (χ4n) is 4.81. The van der Waals surface area contributed by atoms with Crippen LogP contribution in [0.25, 0.3) is 0 Å². The Hall–Kier alpha value is -0.280. The Morgan fingerprint density at radius 3 is 1.58 bits per heavy atom. The van der Waals surface area contributed by atoms with E-state index in [0.717, 1.165) is 38.5 Å². The number of unbranched alkanes of at least 4 members (excludes halogenated alkanes) is 10. The molecule has 0 amide bonds. The zero-order valence-corrected chi connectivity index (χ0v) is 24.9. The van der Waals surface area contributed by atoms with Crippen molar-refractivity contribution >= 4 is 17.2 Å². The van der Waals surface area contributed by atoms with E-state index in [1.54, 1.807) is 0 Å². The van der Waals surface area contributed by atoms with Gasteiger partial charge in [0, 0.05) is 0 Å². The van der Waals surface area contributed by atoms with Gasteiger partial charge in [0.15, 0.2) is 0 Å². The molecular formula is C27H52O9P2. The maximum Gasteiger partial charge on any atom is 0.334 e. The molecule has 0 aliphatic carbocycles. The Morgan fingerprint density at radius 1 is 0.711 bits per heavy atom. The van der Waals surface area contributed by atoms with E-state index in [2.05, 4.69) is 18.2 Å². The molecule has 0 bridgehead atoms. The average molecular weight is 583 g/mol. The third-order valence-corrected chi connectivity index (χ3v) is 8.31. The molecule has 2 atom stereocenters. The molecule has 8 N–H and O–H groups in total. The predicted octanol–water partition coefficient (Wildman–Crippen LogP) is 5.13. The van der Waals surface area contributed by atoms with Crippen molar-refractivity contribution in [2.45, 2.75) is 115 Å². The van der Waals surface area contributed by atoms with Crippen LogP contribution >= 0.6 is 17.2 Å². The summed E-state index contributed by atoms with van der Waals surface area (Å²) in [6.45, 7) is 3.47. The summed E-state index contributed by atoms with van der Waals surface area (Å²) in [6, 6.07) is 9.30. The largest absolute Gasteiger partial charge is 0.395 e. The Morgan fingerprint density at radius 2 is 1.16 bits per heavy atom. The monoisotopic (exact) mass is 582 g/mol. The van der Waals surface area contributed by atoms with Gasteiger partial charge in [-0.25, -0.2) is 4.31 Å². The van der Waals surface area contributed by atoms with Crippen LogP contribution in [-0.4, -0.2) is 59.3 Å². The fraction of sp³-hybridized carbons (Fsp3) is 0.778. The van der Waals surface area contributed by atoms with Gasteiger partial charge >= 0.3 is 17.2 Å². The van der Waals surface area contributed by atoms with Crippen molar-refractivity contribution in [3.8, 4) is 0 Å². The molecule has 0 fully saturated rings. The van der Waals surface area contributed by atoms with Crippen LogP contribution in [0.4, 0.5) is 0 Å².